The number of benzene rings is 2. The van der Waals surface area contributed by atoms with E-state index in [-0.39, 0.29) is 18.0 Å². The monoisotopic (exact) mass is 367 g/mol. The van der Waals surface area contributed by atoms with E-state index < -0.39 is 10.0 Å². The summed E-state index contributed by atoms with van der Waals surface area (Å²) in [6, 6.07) is 8.77. The van der Waals surface area contributed by atoms with Gasteiger partial charge in [0.25, 0.3) is 0 Å². The first-order valence-electron chi connectivity index (χ1n) is 7.67. The molecule has 0 fully saturated rings. The molecule has 24 heavy (non-hydrogen) atoms. The van der Waals surface area contributed by atoms with Crippen LogP contribution in [0.2, 0.25) is 5.02 Å². The Hall–Kier alpha value is -1.56. The van der Waals surface area contributed by atoms with Crippen LogP contribution >= 0.6 is 11.6 Å². The van der Waals surface area contributed by atoms with Crippen LogP contribution in [-0.2, 0) is 10.0 Å². The van der Waals surface area contributed by atoms with Gasteiger partial charge >= 0.3 is 0 Å². The largest absolute Gasteiger partial charge is 0.492 e. The molecule has 0 atom stereocenters. The Morgan fingerprint density at radius 2 is 1.58 bits per heavy atom. The maximum atomic E-state index is 12.3. The molecule has 0 bridgehead atoms. The SMILES string of the molecule is Cc1ccc(S(=O)(=O)NCCOc2cc(C)c(Cl)c(C)c2)cc1C. The van der Waals surface area contributed by atoms with Gasteiger partial charge in [0, 0.05) is 11.6 Å². The molecule has 0 aliphatic carbocycles. The highest BCUT2D eigenvalue weighted by molar-refractivity contribution is 7.89. The van der Waals surface area contributed by atoms with Gasteiger partial charge in [0.1, 0.15) is 12.4 Å². The highest BCUT2D eigenvalue weighted by Gasteiger charge is 2.14. The second-order valence-electron chi connectivity index (χ2n) is 5.86. The Balaban J connectivity index is 1.95. The van der Waals surface area contributed by atoms with Gasteiger partial charge < -0.3 is 4.74 Å². The van der Waals surface area contributed by atoms with Crippen molar-refractivity contribution in [2.75, 3.05) is 13.2 Å². The zero-order valence-corrected chi connectivity index (χ0v) is 15.9. The predicted octanol–water partition coefficient (Wildman–Crippen LogP) is 3.93. The minimum Gasteiger partial charge on any atom is -0.492 e. The molecule has 0 radical (unpaired) electrons. The van der Waals surface area contributed by atoms with Gasteiger partial charge in [-0.3, -0.25) is 0 Å². The maximum Gasteiger partial charge on any atom is 0.240 e. The van der Waals surface area contributed by atoms with E-state index in [9.17, 15) is 8.42 Å². The number of hydrogen-bond acceptors (Lipinski definition) is 3. The molecular formula is C18H22ClNO3S. The van der Waals surface area contributed by atoms with E-state index in [2.05, 4.69) is 4.72 Å². The van der Waals surface area contributed by atoms with Crippen LogP contribution in [0, 0.1) is 27.7 Å². The van der Waals surface area contributed by atoms with E-state index in [4.69, 9.17) is 16.3 Å². The third-order valence-corrected chi connectivity index (χ3v) is 5.92. The summed E-state index contributed by atoms with van der Waals surface area (Å²) >= 11 is 6.12. The van der Waals surface area contributed by atoms with E-state index in [0.29, 0.717) is 5.75 Å². The van der Waals surface area contributed by atoms with Gasteiger partial charge in [0.15, 0.2) is 0 Å². The number of ether oxygens (including phenoxy) is 1. The maximum absolute atomic E-state index is 12.3. The van der Waals surface area contributed by atoms with Gasteiger partial charge in [0.2, 0.25) is 10.0 Å². The summed E-state index contributed by atoms with van der Waals surface area (Å²) in [5.41, 5.74) is 3.87. The average Bonchev–Trinajstić information content (AvgIpc) is 2.51. The highest BCUT2D eigenvalue weighted by atomic mass is 35.5. The first-order valence-corrected chi connectivity index (χ1v) is 9.53. The first-order chi connectivity index (χ1) is 11.2. The molecule has 0 heterocycles. The van der Waals surface area contributed by atoms with Crippen molar-refractivity contribution >= 4 is 21.6 Å². The molecule has 4 nitrogen and oxygen atoms in total. The van der Waals surface area contributed by atoms with Crippen LogP contribution in [-0.4, -0.2) is 21.6 Å². The van der Waals surface area contributed by atoms with E-state index in [0.717, 1.165) is 27.3 Å². The minimum absolute atomic E-state index is 0.190. The zero-order chi connectivity index (χ0) is 17.9. The molecular weight excluding hydrogens is 346 g/mol. The Labute approximate surface area is 148 Å². The molecule has 0 aromatic heterocycles. The molecule has 0 saturated carbocycles. The number of aryl methyl sites for hydroxylation is 4. The fourth-order valence-corrected chi connectivity index (χ4v) is 3.51. The predicted molar refractivity (Wildman–Crippen MR) is 97.5 cm³/mol. The van der Waals surface area contributed by atoms with Gasteiger partial charge in [-0.05, 0) is 74.2 Å². The molecule has 0 spiro atoms. The topological polar surface area (TPSA) is 55.4 Å². The van der Waals surface area contributed by atoms with Crippen molar-refractivity contribution in [1.29, 1.82) is 0 Å². The van der Waals surface area contributed by atoms with Crippen molar-refractivity contribution in [3.8, 4) is 5.75 Å². The molecule has 0 amide bonds. The average molecular weight is 368 g/mol. The van der Waals surface area contributed by atoms with Gasteiger partial charge in [-0.2, -0.15) is 0 Å². The van der Waals surface area contributed by atoms with Crippen LogP contribution in [0.4, 0.5) is 0 Å². The summed E-state index contributed by atoms with van der Waals surface area (Å²) < 4.78 is 32.7. The van der Waals surface area contributed by atoms with Crippen LogP contribution in [0.25, 0.3) is 0 Å². The summed E-state index contributed by atoms with van der Waals surface area (Å²) in [5.74, 6) is 0.680. The van der Waals surface area contributed by atoms with Crippen molar-refractivity contribution in [2.45, 2.75) is 32.6 Å². The van der Waals surface area contributed by atoms with E-state index in [1.54, 1.807) is 18.2 Å². The smallest absolute Gasteiger partial charge is 0.240 e. The molecule has 0 unspecified atom stereocenters. The molecule has 2 aromatic carbocycles. The summed E-state index contributed by atoms with van der Waals surface area (Å²) in [6.45, 7) is 8.08. The van der Waals surface area contributed by atoms with Gasteiger partial charge in [-0.1, -0.05) is 17.7 Å². The summed E-state index contributed by atoms with van der Waals surface area (Å²) in [5, 5.41) is 0.720. The molecule has 1 N–H and O–H groups in total. The number of hydrogen-bond donors (Lipinski definition) is 1. The first kappa shape index (κ1) is 18.8. The molecule has 0 saturated heterocycles. The lowest BCUT2D eigenvalue weighted by molar-refractivity contribution is 0.322. The van der Waals surface area contributed by atoms with Crippen LogP contribution in [0.15, 0.2) is 35.2 Å². The Kier molecular flexibility index (Phi) is 5.91. The van der Waals surface area contributed by atoms with Crippen molar-refractivity contribution in [2.24, 2.45) is 0 Å². The van der Waals surface area contributed by atoms with Crippen LogP contribution < -0.4 is 9.46 Å². The van der Waals surface area contributed by atoms with Crippen molar-refractivity contribution in [3.05, 3.63) is 57.6 Å². The summed E-state index contributed by atoms with van der Waals surface area (Å²) in [7, 11) is -3.53. The lowest BCUT2D eigenvalue weighted by Gasteiger charge is -2.11. The second-order valence-corrected chi connectivity index (χ2v) is 8.01. The minimum atomic E-state index is -3.53. The van der Waals surface area contributed by atoms with Crippen LogP contribution in [0.5, 0.6) is 5.75 Å². The van der Waals surface area contributed by atoms with Gasteiger partial charge in [-0.25, -0.2) is 13.1 Å². The van der Waals surface area contributed by atoms with Gasteiger partial charge in [-0.15, -0.1) is 0 Å². The van der Waals surface area contributed by atoms with Gasteiger partial charge in [0.05, 0.1) is 4.90 Å². The van der Waals surface area contributed by atoms with E-state index >= 15 is 0 Å². The lowest BCUT2D eigenvalue weighted by atomic mass is 10.1. The molecule has 0 aliphatic rings. The Morgan fingerprint density at radius 3 is 2.17 bits per heavy atom. The molecule has 0 aliphatic heterocycles. The molecule has 2 aromatic rings. The zero-order valence-electron chi connectivity index (χ0n) is 14.3. The summed E-state index contributed by atoms with van der Waals surface area (Å²) in [4.78, 5) is 0.267. The Bertz CT molecular complexity index is 824. The second kappa shape index (κ2) is 7.55. The van der Waals surface area contributed by atoms with Crippen LogP contribution in [0.3, 0.4) is 0 Å². The van der Waals surface area contributed by atoms with Crippen molar-refractivity contribution in [3.63, 3.8) is 0 Å². The molecule has 2 rings (SSSR count). The molecule has 6 heteroatoms. The normalized spacial score (nSPS) is 11.5. The fraction of sp³-hybridized carbons (Fsp3) is 0.333. The third kappa shape index (κ3) is 4.50. The summed E-state index contributed by atoms with van der Waals surface area (Å²) in [6.07, 6.45) is 0. The van der Waals surface area contributed by atoms with Crippen molar-refractivity contribution < 1.29 is 13.2 Å². The third-order valence-electron chi connectivity index (χ3n) is 3.86. The quantitative estimate of drug-likeness (QED) is 0.787. The number of halogens is 1. The number of nitrogens with one attached hydrogen (secondary N) is 1. The number of sulfonamides is 1. The van der Waals surface area contributed by atoms with Crippen LogP contribution in [0.1, 0.15) is 22.3 Å². The number of rotatable bonds is 6. The van der Waals surface area contributed by atoms with E-state index in [1.165, 1.54) is 0 Å². The standard InChI is InChI=1S/C18H22ClNO3S/c1-12-5-6-17(11-13(12)2)24(21,22)20-7-8-23-16-9-14(3)18(19)15(4)10-16/h5-6,9-11,20H,7-8H2,1-4H3. The molecule has 130 valence electrons. The highest BCUT2D eigenvalue weighted by Crippen LogP contribution is 2.25. The van der Waals surface area contributed by atoms with E-state index in [1.807, 2.05) is 39.8 Å². The lowest BCUT2D eigenvalue weighted by Crippen LogP contribution is -2.28. The van der Waals surface area contributed by atoms with Crippen molar-refractivity contribution in [1.82, 2.24) is 4.72 Å². The fourth-order valence-electron chi connectivity index (χ4n) is 2.30. The Morgan fingerprint density at radius 1 is 0.958 bits per heavy atom.